The first-order valence-corrected chi connectivity index (χ1v) is 12.6. The van der Waals surface area contributed by atoms with Gasteiger partial charge in [0.05, 0.1) is 26.4 Å². The number of urea groups is 1. The largest absolute Gasteiger partial charge is 0.496 e. The minimum Gasteiger partial charge on any atom is -0.496 e. The van der Waals surface area contributed by atoms with Crippen molar-refractivity contribution in [1.29, 1.82) is 0 Å². The quantitative estimate of drug-likeness (QED) is 0.467. The molecular weight excluding hydrogens is 469 g/mol. The summed E-state index contributed by atoms with van der Waals surface area (Å²) in [6.07, 6.45) is 4.96. The highest BCUT2D eigenvalue weighted by molar-refractivity contribution is 7.92. The van der Waals surface area contributed by atoms with Gasteiger partial charge in [0.25, 0.3) is 0 Å². The van der Waals surface area contributed by atoms with Crippen LogP contribution in [0.4, 0.5) is 14.5 Å². The number of carbonyl (C=O) groups excluding carboxylic acids is 1. The smallest absolute Gasteiger partial charge is 0.320 e. The van der Waals surface area contributed by atoms with Gasteiger partial charge in [0.2, 0.25) is 0 Å². The third-order valence-corrected chi connectivity index (χ3v) is 7.38. The number of carbonyl (C=O) groups is 1. The van der Waals surface area contributed by atoms with Gasteiger partial charge in [-0.2, -0.15) is 0 Å². The summed E-state index contributed by atoms with van der Waals surface area (Å²) in [7, 11) is 1.61. The average Bonchev–Trinajstić information content (AvgIpc) is 3.22. The summed E-state index contributed by atoms with van der Waals surface area (Å²) >= 11 is 0.0660. The number of methoxy groups -OCH3 is 1. The van der Waals surface area contributed by atoms with Crippen LogP contribution in [-0.2, 0) is 4.74 Å². The molecule has 8 nitrogen and oxygen atoms in total. The number of hydrogen-bond donors (Lipinski definition) is 2. The Hall–Kier alpha value is -2.82. The van der Waals surface area contributed by atoms with Crippen LogP contribution in [0.5, 0.6) is 5.75 Å². The Morgan fingerprint density at radius 3 is 2.71 bits per heavy atom. The molecule has 2 amide bonds. The SMILES string of the molecule is COc1ccccc1-c1cn(SF)c2nc(NC(=O)NCCC3CCN(C4COC4)CC3)ccc12. The molecule has 0 atom stereocenters. The Morgan fingerprint density at radius 2 is 2.00 bits per heavy atom. The molecule has 0 saturated carbocycles. The average molecular weight is 500 g/mol. The van der Waals surface area contributed by atoms with Crippen LogP contribution in [-0.4, -0.2) is 65.9 Å². The standard InChI is InChI=1S/C25H30FN5O3S/c1-33-22-5-3-2-4-19(22)21-14-31(35-26)24-20(21)6-7-23(28-24)29-25(32)27-11-8-17-9-12-30(13-10-17)18-15-34-16-18/h2-7,14,17-18H,8-13,15-16H2,1H3,(H2,27,28,29,32). The van der Waals surface area contributed by atoms with Crippen molar-refractivity contribution in [1.82, 2.24) is 19.2 Å². The number of anilines is 1. The van der Waals surface area contributed by atoms with E-state index < -0.39 is 0 Å². The van der Waals surface area contributed by atoms with E-state index in [2.05, 4.69) is 20.5 Å². The van der Waals surface area contributed by atoms with Crippen LogP contribution in [0, 0.1) is 5.92 Å². The van der Waals surface area contributed by atoms with Crippen LogP contribution in [0.15, 0.2) is 42.6 Å². The third-order valence-electron chi connectivity index (χ3n) is 6.96. The first-order valence-electron chi connectivity index (χ1n) is 12.0. The summed E-state index contributed by atoms with van der Waals surface area (Å²) in [5, 5.41) is 6.48. The van der Waals surface area contributed by atoms with Gasteiger partial charge < -0.3 is 14.8 Å². The van der Waals surface area contributed by atoms with E-state index in [0.717, 1.165) is 62.1 Å². The molecule has 186 valence electrons. The van der Waals surface area contributed by atoms with Gasteiger partial charge in [-0.25, -0.2) is 13.8 Å². The number of piperidine rings is 1. The Kier molecular flexibility index (Phi) is 7.40. The lowest BCUT2D eigenvalue weighted by Crippen LogP contribution is -2.51. The van der Waals surface area contributed by atoms with Crippen molar-refractivity contribution in [3.63, 3.8) is 0 Å². The molecule has 0 unspecified atom stereocenters. The molecule has 0 spiro atoms. The topological polar surface area (TPSA) is 80.6 Å². The summed E-state index contributed by atoms with van der Waals surface area (Å²) < 4.78 is 25.8. The predicted molar refractivity (Wildman–Crippen MR) is 136 cm³/mol. The Bertz CT molecular complexity index is 1180. The van der Waals surface area contributed by atoms with Gasteiger partial charge in [-0.3, -0.25) is 10.2 Å². The van der Waals surface area contributed by atoms with Gasteiger partial charge in [-0.1, -0.05) is 18.2 Å². The second kappa shape index (κ2) is 10.8. The Labute approximate surface area is 208 Å². The zero-order chi connectivity index (χ0) is 24.2. The first-order chi connectivity index (χ1) is 17.2. The maximum absolute atomic E-state index is 13.7. The third kappa shape index (κ3) is 5.24. The number of ether oxygens (including phenoxy) is 2. The van der Waals surface area contributed by atoms with Gasteiger partial charge in [-0.15, -0.1) is 3.89 Å². The molecule has 3 aromatic rings. The molecule has 2 aliphatic rings. The summed E-state index contributed by atoms with van der Waals surface area (Å²) in [5.74, 6) is 1.69. The zero-order valence-corrected chi connectivity index (χ0v) is 20.5. The van der Waals surface area contributed by atoms with Gasteiger partial charge in [0.15, 0.2) is 18.0 Å². The van der Waals surface area contributed by atoms with Crippen LogP contribution < -0.4 is 15.4 Å². The molecule has 0 aliphatic carbocycles. The van der Waals surface area contributed by atoms with Crippen molar-refractivity contribution in [2.75, 3.05) is 45.3 Å². The van der Waals surface area contributed by atoms with Crippen LogP contribution >= 0.6 is 12.3 Å². The van der Waals surface area contributed by atoms with Crippen molar-refractivity contribution in [2.45, 2.75) is 25.3 Å². The van der Waals surface area contributed by atoms with Crippen molar-refractivity contribution in [3.8, 4) is 16.9 Å². The van der Waals surface area contributed by atoms with E-state index in [0.29, 0.717) is 35.7 Å². The number of hydrogen-bond acceptors (Lipinski definition) is 6. The molecule has 2 fully saturated rings. The van der Waals surface area contributed by atoms with Gasteiger partial charge >= 0.3 is 6.03 Å². The number of benzene rings is 1. The van der Waals surface area contributed by atoms with E-state index in [-0.39, 0.29) is 18.4 Å². The van der Waals surface area contributed by atoms with E-state index in [4.69, 9.17) is 9.47 Å². The monoisotopic (exact) mass is 499 g/mol. The van der Waals surface area contributed by atoms with Crippen molar-refractivity contribution >= 4 is 35.2 Å². The van der Waals surface area contributed by atoms with Crippen molar-refractivity contribution < 1.29 is 18.2 Å². The summed E-state index contributed by atoms with van der Waals surface area (Å²) in [4.78, 5) is 19.5. The Morgan fingerprint density at radius 1 is 1.20 bits per heavy atom. The maximum Gasteiger partial charge on any atom is 0.320 e. The number of pyridine rings is 1. The van der Waals surface area contributed by atoms with Crippen LogP contribution in [0.3, 0.4) is 0 Å². The normalized spacial score (nSPS) is 17.3. The van der Waals surface area contributed by atoms with Gasteiger partial charge in [-0.05, 0) is 56.5 Å². The lowest BCUT2D eigenvalue weighted by molar-refractivity contribution is -0.0739. The zero-order valence-electron chi connectivity index (χ0n) is 19.7. The highest BCUT2D eigenvalue weighted by atomic mass is 32.2. The molecule has 2 aliphatic heterocycles. The predicted octanol–water partition coefficient (Wildman–Crippen LogP) is 4.72. The Balaban J connectivity index is 1.18. The number of amides is 2. The lowest BCUT2D eigenvalue weighted by Gasteiger charge is -2.41. The van der Waals surface area contributed by atoms with E-state index in [1.54, 1.807) is 19.4 Å². The highest BCUT2D eigenvalue weighted by Crippen LogP contribution is 2.37. The molecule has 5 rings (SSSR count). The number of likely N-dealkylation sites (tertiary alicyclic amines) is 1. The highest BCUT2D eigenvalue weighted by Gasteiger charge is 2.29. The molecule has 35 heavy (non-hydrogen) atoms. The summed E-state index contributed by atoms with van der Waals surface area (Å²) in [6.45, 7) is 4.56. The van der Waals surface area contributed by atoms with E-state index in [1.807, 2.05) is 30.3 Å². The fourth-order valence-electron chi connectivity index (χ4n) is 4.87. The summed E-state index contributed by atoms with van der Waals surface area (Å²) in [6, 6.07) is 11.4. The minimum absolute atomic E-state index is 0.0660. The van der Waals surface area contributed by atoms with E-state index in [9.17, 15) is 8.68 Å². The minimum atomic E-state index is -0.308. The van der Waals surface area contributed by atoms with E-state index in [1.165, 1.54) is 3.97 Å². The maximum atomic E-state index is 13.7. The van der Waals surface area contributed by atoms with E-state index >= 15 is 0 Å². The molecule has 4 heterocycles. The number of fused-ring (bicyclic) bond motifs is 1. The number of nitrogens with zero attached hydrogens (tertiary/aromatic N) is 3. The molecule has 2 aromatic heterocycles. The number of rotatable bonds is 8. The molecule has 10 heteroatoms. The summed E-state index contributed by atoms with van der Waals surface area (Å²) in [5.41, 5.74) is 2.08. The molecular formula is C25H30FN5O3S. The molecule has 2 saturated heterocycles. The van der Waals surface area contributed by atoms with Crippen molar-refractivity contribution in [2.24, 2.45) is 5.92 Å². The molecule has 1 aromatic carbocycles. The molecule has 2 N–H and O–H groups in total. The fourth-order valence-corrected chi connectivity index (χ4v) is 5.22. The second-order valence-electron chi connectivity index (χ2n) is 9.05. The molecule has 0 bridgehead atoms. The van der Waals surface area contributed by atoms with Gasteiger partial charge in [0.1, 0.15) is 11.6 Å². The number of halogens is 1. The lowest BCUT2D eigenvalue weighted by atomic mass is 9.92. The number of aromatic nitrogens is 2. The second-order valence-corrected chi connectivity index (χ2v) is 9.58. The first kappa shape index (κ1) is 23.9. The number of nitrogens with one attached hydrogen (secondary N) is 2. The number of para-hydroxylation sites is 1. The fraction of sp³-hybridized carbons (Fsp3) is 0.440. The van der Waals surface area contributed by atoms with Crippen LogP contribution in [0.1, 0.15) is 19.3 Å². The van der Waals surface area contributed by atoms with Crippen LogP contribution in [0.25, 0.3) is 22.2 Å². The van der Waals surface area contributed by atoms with Crippen LogP contribution in [0.2, 0.25) is 0 Å². The van der Waals surface area contributed by atoms with Crippen molar-refractivity contribution in [3.05, 3.63) is 42.6 Å². The molecule has 0 radical (unpaired) electrons. The van der Waals surface area contributed by atoms with Gasteiger partial charge in [0, 0.05) is 29.3 Å².